The maximum Gasteiger partial charge on any atom is 0.243 e. The van der Waals surface area contributed by atoms with Crippen LogP contribution in [0.25, 0.3) is 0 Å². The van der Waals surface area contributed by atoms with Gasteiger partial charge in [0.25, 0.3) is 0 Å². The van der Waals surface area contributed by atoms with Gasteiger partial charge in [-0.1, -0.05) is 17.7 Å². The Morgan fingerprint density at radius 2 is 1.66 bits per heavy atom. The van der Waals surface area contributed by atoms with Crippen LogP contribution in [0, 0.1) is 12.8 Å². The van der Waals surface area contributed by atoms with E-state index in [0.29, 0.717) is 45.4 Å². The largest absolute Gasteiger partial charge is 0.356 e. The summed E-state index contributed by atoms with van der Waals surface area (Å²) in [6.07, 6.45) is 2.01. The number of carbonyl (C=O) groups excluding carboxylic acids is 3. The van der Waals surface area contributed by atoms with E-state index in [-0.39, 0.29) is 41.4 Å². The molecule has 2 aliphatic rings. The third-order valence-electron chi connectivity index (χ3n) is 5.50. The van der Waals surface area contributed by atoms with Crippen molar-refractivity contribution in [3.05, 3.63) is 29.8 Å². The highest BCUT2D eigenvalue weighted by atomic mass is 32.2. The lowest BCUT2D eigenvalue weighted by molar-refractivity contribution is -0.138. The third kappa shape index (κ3) is 5.02. The standard InChI is InChI=1S/C20H27N3O5S/c1-15-3-5-17(6-4-15)29(27,28)22-13-9-16(10-14-22)20(26)21-11-2-12-23-18(24)7-8-19(23)25/h3-6,16H,2,7-14H2,1H3,(H,21,26). The molecule has 0 aromatic heterocycles. The Balaban J connectivity index is 1.43. The Labute approximate surface area is 171 Å². The molecule has 1 aromatic rings. The molecule has 2 aliphatic heterocycles. The quantitative estimate of drug-likeness (QED) is 0.524. The van der Waals surface area contributed by atoms with Gasteiger partial charge in [0, 0.05) is 44.9 Å². The molecule has 2 saturated heterocycles. The Hall–Kier alpha value is -2.26. The summed E-state index contributed by atoms with van der Waals surface area (Å²) in [6, 6.07) is 6.77. The van der Waals surface area contributed by atoms with Crippen molar-refractivity contribution in [1.82, 2.24) is 14.5 Å². The van der Waals surface area contributed by atoms with E-state index in [9.17, 15) is 22.8 Å². The van der Waals surface area contributed by atoms with Gasteiger partial charge in [-0.25, -0.2) is 8.42 Å². The number of hydrogen-bond donors (Lipinski definition) is 1. The van der Waals surface area contributed by atoms with E-state index < -0.39 is 10.0 Å². The van der Waals surface area contributed by atoms with Gasteiger partial charge in [0.2, 0.25) is 27.7 Å². The maximum atomic E-state index is 12.7. The van der Waals surface area contributed by atoms with E-state index in [0.717, 1.165) is 5.56 Å². The summed E-state index contributed by atoms with van der Waals surface area (Å²) in [4.78, 5) is 37.0. The van der Waals surface area contributed by atoms with E-state index in [1.807, 2.05) is 6.92 Å². The number of rotatable bonds is 7. The smallest absolute Gasteiger partial charge is 0.243 e. The zero-order valence-corrected chi connectivity index (χ0v) is 17.4. The summed E-state index contributed by atoms with van der Waals surface area (Å²) < 4.78 is 26.9. The van der Waals surface area contributed by atoms with Gasteiger partial charge in [0.15, 0.2) is 0 Å². The van der Waals surface area contributed by atoms with Crippen molar-refractivity contribution in [2.45, 2.75) is 43.9 Å². The lowest BCUT2D eigenvalue weighted by Gasteiger charge is -2.30. The average Bonchev–Trinajstić information content (AvgIpc) is 3.03. The minimum absolute atomic E-state index is 0.101. The van der Waals surface area contributed by atoms with Crippen LogP contribution >= 0.6 is 0 Å². The zero-order chi connectivity index (χ0) is 21.0. The number of benzene rings is 1. The number of carbonyl (C=O) groups is 3. The molecule has 0 unspecified atom stereocenters. The van der Waals surface area contributed by atoms with Crippen molar-refractivity contribution in [3.8, 4) is 0 Å². The maximum absolute atomic E-state index is 12.7. The van der Waals surface area contributed by atoms with Crippen molar-refractivity contribution in [1.29, 1.82) is 0 Å². The van der Waals surface area contributed by atoms with Gasteiger partial charge in [0.1, 0.15) is 0 Å². The summed E-state index contributed by atoms with van der Waals surface area (Å²) in [7, 11) is -3.54. The molecule has 3 amide bonds. The topological polar surface area (TPSA) is 104 Å². The van der Waals surface area contributed by atoms with Gasteiger partial charge in [-0.05, 0) is 38.3 Å². The molecule has 0 atom stereocenters. The number of imide groups is 1. The second-order valence-electron chi connectivity index (χ2n) is 7.58. The minimum atomic E-state index is -3.54. The summed E-state index contributed by atoms with van der Waals surface area (Å²) in [5.74, 6) is -0.627. The molecule has 0 saturated carbocycles. The Morgan fingerprint density at radius 1 is 1.07 bits per heavy atom. The van der Waals surface area contributed by atoms with Crippen molar-refractivity contribution < 1.29 is 22.8 Å². The Morgan fingerprint density at radius 3 is 2.24 bits per heavy atom. The van der Waals surface area contributed by atoms with Gasteiger partial charge in [-0.15, -0.1) is 0 Å². The number of piperidine rings is 1. The van der Waals surface area contributed by atoms with Crippen LogP contribution in [0.2, 0.25) is 0 Å². The van der Waals surface area contributed by atoms with Crippen molar-refractivity contribution in [2.75, 3.05) is 26.2 Å². The molecule has 8 nitrogen and oxygen atoms in total. The molecule has 3 rings (SSSR count). The Bertz CT molecular complexity index is 858. The second-order valence-corrected chi connectivity index (χ2v) is 9.51. The van der Waals surface area contributed by atoms with Crippen LogP contribution in [-0.4, -0.2) is 61.5 Å². The second kappa shape index (κ2) is 9.04. The molecule has 0 aliphatic carbocycles. The summed E-state index contributed by atoms with van der Waals surface area (Å²) in [5, 5.41) is 2.84. The van der Waals surface area contributed by atoms with Gasteiger partial charge in [-0.3, -0.25) is 19.3 Å². The summed E-state index contributed by atoms with van der Waals surface area (Å²) in [6.45, 7) is 3.24. The van der Waals surface area contributed by atoms with Gasteiger partial charge in [-0.2, -0.15) is 4.31 Å². The van der Waals surface area contributed by atoms with Crippen LogP contribution in [0.5, 0.6) is 0 Å². The fourth-order valence-electron chi connectivity index (χ4n) is 3.68. The van der Waals surface area contributed by atoms with Crippen LogP contribution in [0.1, 0.15) is 37.7 Å². The van der Waals surface area contributed by atoms with E-state index in [1.165, 1.54) is 9.21 Å². The first kappa shape index (κ1) is 21.4. The SMILES string of the molecule is Cc1ccc(S(=O)(=O)N2CCC(C(=O)NCCCN3C(=O)CCC3=O)CC2)cc1. The van der Waals surface area contributed by atoms with E-state index in [2.05, 4.69) is 5.32 Å². The zero-order valence-electron chi connectivity index (χ0n) is 16.6. The molecule has 1 aromatic carbocycles. The average molecular weight is 422 g/mol. The first-order chi connectivity index (χ1) is 13.8. The van der Waals surface area contributed by atoms with Crippen LogP contribution in [0.4, 0.5) is 0 Å². The third-order valence-corrected chi connectivity index (χ3v) is 7.41. The van der Waals surface area contributed by atoms with E-state index in [1.54, 1.807) is 24.3 Å². The Kier molecular flexibility index (Phi) is 6.69. The van der Waals surface area contributed by atoms with Crippen molar-refractivity contribution in [3.63, 3.8) is 0 Å². The molecular formula is C20H27N3O5S. The fraction of sp³-hybridized carbons (Fsp3) is 0.550. The highest BCUT2D eigenvalue weighted by Gasteiger charge is 2.32. The number of nitrogens with zero attached hydrogens (tertiary/aromatic N) is 2. The highest BCUT2D eigenvalue weighted by Crippen LogP contribution is 2.24. The minimum Gasteiger partial charge on any atom is -0.356 e. The molecule has 29 heavy (non-hydrogen) atoms. The number of hydrogen-bond acceptors (Lipinski definition) is 5. The van der Waals surface area contributed by atoms with Gasteiger partial charge in [0.05, 0.1) is 4.90 Å². The lowest BCUT2D eigenvalue weighted by Crippen LogP contribution is -2.43. The molecule has 0 spiro atoms. The van der Waals surface area contributed by atoms with E-state index >= 15 is 0 Å². The number of aryl methyl sites for hydroxylation is 1. The lowest BCUT2D eigenvalue weighted by atomic mass is 9.97. The molecule has 1 N–H and O–H groups in total. The van der Waals surface area contributed by atoms with Crippen molar-refractivity contribution in [2.24, 2.45) is 5.92 Å². The van der Waals surface area contributed by atoms with Gasteiger partial charge < -0.3 is 5.32 Å². The van der Waals surface area contributed by atoms with Crippen LogP contribution < -0.4 is 5.32 Å². The fourth-order valence-corrected chi connectivity index (χ4v) is 5.15. The first-order valence-corrected chi connectivity index (χ1v) is 11.4. The van der Waals surface area contributed by atoms with Crippen LogP contribution in [-0.2, 0) is 24.4 Å². The molecule has 2 fully saturated rings. The molecule has 9 heteroatoms. The van der Waals surface area contributed by atoms with Crippen LogP contribution in [0.3, 0.4) is 0 Å². The van der Waals surface area contributed by atoms with E-state index in [4.69, 9.17) is 0 Å². The number of likely N-dealkylation sites (tertiary alicyclic amines) is 1. The van der Waals surface area contributed by atoms with Crippen molar-refractivity contribution >= 4 is 27.7 Å². The normalized spacial score (nSPS) is 19.0. The summed E-state index contributed by atoms with van der Waals surface area (Å²) >= 11 is 0. The number of sulfonamides is 1. The first-order valence-electron chi connectivity index (χ1n) is 9.97. The predicted octanol–water partition coefficient (Wildman–Crippen LogP) is 1.05. The molecule has 158 valence electrons. The highest BCUT2D eigenvalue weighted by molar-refractivity contribution is 7.89. The monoisotopic (exact) mass is 421 g/mol. The van der Waals surface area contributed by atoms with Gasteiger partial charge >= 0.3 is 0 Å². The summed E-state index contributed by atoms with van der Waals surface area (Å²) in [5.41, 5.74) is 0.998. The number of nitrogens with one attached hydrogen (secondary N) is 1. The van der Waals surface area contributed by atoms with Crippen LogP contribution in [0.15, 0.2) is 29.2 Å². The molecular weight excluding hydrogens is 394 g/mol. The molecule has 0 bridgehead atoms. The molecule has 0 radical (unpaired) electrons. The number of amides is 3. The molecule has 2 heterocycles. The predicted molar refractivity (Wildman–Crippen MR) is 106 cm³/mol.